The Morgan fingerprint density at radius 1 is 1.26 bits per heavy atom. The molecule has 9 heteroatoms. The lowest BCUT2D eigenvalue weighted by Crippen LogP contribution is -2.29. The van der Waals surface area contributed by atoms with Gasteiger partial charge in [0.2, 0.25) is 0 Å². The maximum absolute atomic E-state index is 12.7. The lowest BCUT2D eigenvalue weighted by atomic mass is 10.1. The molecule has 1 aromatic heterocycles. The minimum Gasteiger partial charge on any atom is -0.342 e. The predicted octanol–water partition coefficient (Wildman–Crippen LogP) is 4.46. The van der Waals surface area contributed by atoms with Gasteiger partial charge in [0, 0.05) is 30.0 Å². The average Bonchev–Trinajstić information content (AvgIpc) is 3.15. The van der Waals surface area contributed by atoms with Gasteiger partial charge in [-0.2, -0.15) is 0 Å². The van der Waals surface area contributed by atoms with E-state index in [-0.39, 0.29) is 17.6 Å². The minimum absolute atomic E-state index is 0.0593. The normalized spacial score (nSPS) is 11.7. The second-order valence-corrected chi connectivity index (χ2v) is 7.90. The summed E-state index contributed by atoms with van der Waals surface area (Å²) in [6.07, 6.45) is 1.75. The molecular weight excluding hydrogens is 414 g/mol. The molecule has 0 aliphatic heterocycles. The largest absolute Gasteiger partial charge is 0.342 e. The lowest BCUT2D eigenvalue weighted by Gasteiger charge is -2.16. The highest BCUT2D eigenvalue weighted by atomic mass is 32.2. The Balaban J connectivity index is 1.73. The van der Waals surface area contributed by atoms with Crippen LogP contribution in [0.3, 0.4) is 0 Å². The zero-order valence-corrected chi connectivity index (χ0v) is 18.1. The number of carbonyl (C=O) groups is 1. The van der Waals surface area contributed by atoms with Gasteiger partial charge in [-0.05, 0) is 31.0 Å². The predicted molar refractivity (Wildman–Crippen MR) is 120 cm³/mol. The zero-order chi connectivity index (χ0) is 22.4. The van der Waals surface area contributed by atoms with Crippen LogP contribution < -0.4 is 5.32 Å². The smallest absolute Gasteiger partial charge is 0.269 e. The molecule has 0 aliphatic carbocycles. The molecule has 1 atom stereocenters. The van der Waals surface area contributed by atoms with E-state index >= 15 is 0 Å². The number of carbonyl (C=O) groups excluding carboxylic acids is 1. The number of allylic oxidation sites excluding steroid dienone is 1. The number of aromatic nitrogens is 3. The van der Waals surface area contributed by atoms with Crippen LogP contribution >= 0.6 is 11.8 Å². The van der Waals surface area contributed by atoms with Crippen molar-refractivity contribution in [2.75, 3.05) is 0 Å². The van der Waals surface area contributed by atoms with Gasteiger partial charge in [0.1, 0.15) is 0 Å². The van der Waals surface area contributed by atoms with Crippen LogP contribution in [-0.4, -0.2) is 25.6 Å². The summed E-state index contributed by atoms with van der Waals surface area (Å²) in [5, 5.41) is 23.0. The van der Waals surface area contributed by atoms with Crippen molar-refractivity contribution in [3.8, 4) is 0 Å². The van der Waals surface area contributed by atoms with Crippen LogP contribution in [0.2, 0.25) is 0 Å². The fraction of sp³-hybridized carbons (Fsp3) is 0.227. The Hall–Kier alpha value is -3.46. The van der Waals surface area contributed by atoms with Gasteiger partial charge < -0.3 is 9.88 Å². The van der Waals surface area contributed by atoms with Gasteiger partial charge in [-0.1, -0.05) is 48.2 Å². The van der Waals surface area contributed by atoms with Gasteiger partial charge in [-0.25, -0.2) is 0 Å². The summed E-state index contributed by atoms with van der Waals surface area (Å²) in [6.45, 7) is 8.06. The average molecular weight is 438 g/mol. The number of hydrogen-bond donors (Lipinski definition) is 1. The highest BCUT2D eigenvalue weighted by Gasteiger charge is 2.20. The molecule has 0 bridgehead atoms. The maximum Gasteiger partial charge on any atom is 0.269 e. The van der Waals surface area contributed by atoms with Crippen molar-refractivity contribution in [2.24, 2.45) is 0 Å². The first-order chi connectivity index (χ1) is 14.9. The fourth-order valence-electron chi connectivity index (χ4n) is 3.06. The second-order valence-electron chi connectivity index (χ2n) is 6.96. The molecule has 0 saturated heterocycles. The quantitative estimate of drug-likeness (QED) is 0.229. The molecule has 1 N–H and O–H groups in total. The van der Waals surface area contributed by atoms with E-state index in [0.29, 0.717) is 28.8 Å². The van der Waals surface area contributed by atoms with Crippen LogP contribution in [0, 0.1) is 17.0 Å². The molecule has 8 nitrogen and oxygen atoms in total. The molecule has 0 aliphatic rings. The zero-order valence-electron chi connectivity index (χ0n) is 17.3. The number of nitro groups is 1. The number of amides is 1. The van der Waals surface area contributed by atoms with E-state index in [1.54, 1.807) is 24.3 Å². The highest BCUT2D eigenvalue weighted by Crippen LogP contribution is 2.25. The third-order valence-electron chi connectivity index (χ3n) is 4.70. The summed E-state index contributed by atoms with van der Waals surface area (Å²) >= 11 is 1.47. The summed E-state index contributed by atoms with van der Waals surface area (Å²) in [4.78, 5) is 23.0. The second kappa shape index (κ2) is 10.0. The molecular formula is C22H23N5O3S. The Labute approximate surface area is 184 Å². The lowest BCUT2D eigenvalue weighted by molar-refractivity contribution is -0.384. The van der Waals surface area contributed by atoms with E-state index < -0.39 is 4.92 Å². The molecule has 3 rings (SSSR count). The fourth-order valence-corrected chi connectivity index (χ4v) is 3.97. The van der Waals surface area contributed by atoms with Gasteiger partial charge in [-0.15, -0.1) is 16.8 Å². The molecule has 0 radical (unpaired) electrons. The van der Waals surface area contributed by atoms with E-state index in [1.807, 2.05) is 36.6 Å². The van der Waals surface area contributed by atoms with E-state index in [0.717, 1.165) is 11.1 Å². The van der Waals surface area contributed by atoms with Gasteiger partial charge in [-0.3, -0.25) is 14.9 Å². The number of nitrogens with zero attached hydrogens (tertiary/aromatic N) is 4. The number of non-ortho nitro benzene ring substituents is 1. The van der Waals surface area contributed by atoms with Crippen molar-refractivity contribution < 1.29 is 9.72 Å². The molecule has 0 saturated carbocycles. The van der Waals surface area contributed by atoms with Crippen molar-refractivity contribution >= 4 is 23.4 Å². The van der Waals surface area contributed by atoms with Crippen molar-refractivity contribution in [2.45, 2.75) is 37.3 Å². The first-order valence-corrected chi connectivity index (χ1v) is 10.7. The number of benzene rings is 2. The number of nitrogens with one attached hydrogen (secondary N) is 1. The maximum atomic E-state index is 12.7. The minimum atomic E-state index is -0.420. The Morgan fingerprint density at radius 3 is 2.61 bits per heavy atom. The summed E-state index contributed by atoms with van der Waals surface area (Å²) in [7, 11) is 0. The molecule has 2 aromatic carbocycles. The van der Waals surface area contributed by atoms with Gasteiger partial charge in [0.15, 0.2) is 11.0 Å². The van der Waals surface area contributed by atoms with Crippen molar-refractivity contribution in [3.63, 3.8) is 0 Å². The molecule has 0 fully saturated rings. The summed E-state index contributed by atoms with van der Waals surface area (Å²) in [5.41, 5.74) is 2.52. The molecule has 1 heterocycles. The first-order valence-electron chi connectivity index (χ1n) is 9.67. The van der Waals surface area contributed by atoms with Crippen LogP contribution in [0.15, 0.2) is 66.3 Å². The Bertz CT molecular complexity index is 1090. The van der Waals surface area contributed by atoms with E-state index in [9.17, 15) is 14.9 Å². The van der Waals surface area contributed by atoms with E-state index in [4.69, 9.17) is 0 Å². The van der Waals surface area contributed by atoms with Crippen LogP contribution in [0.5, 0.6) is 0 Å². The molecule has 1 amide bonds. The number of nitro benzene ring substituents is 1. The first kappa shape index (κ1) is 22.2. The molecule has 31 heavy (non-hydrogen) atoms. The SMILES string of the molecule is C=CCn1c(SCc2ccc([N+](=O)[O-])cc2)nnc1[C@H](C)NC(=O)c1ccccc1C. The summed E-state index contributed by atoms with van der Waals surface area (Å²) in [6, 6.07) is 13.5. The standard InChI is InChI=1S/C22H23N5O3S/c1-4-13-26-20(16(3)23-21(28)19-8-6-5-7-15(19)2)24-25-22(26)31-14-17-9-11-18(12-10-17)27(29)30/h4-12,16H,1,13-14H2,2-3H3,(H,23,28)/t16-/m0/s1. The Morgan fingerprint density at radius 2 is 1.97 bits per heavy atom. The van der Waals surface area contributed by atoms with Gasteiger partial charge in [0.25, 0.3) is 11.6 Å². The third kappa shape index (κ3) is 5.37. The van der Waals surface area contributed by atoms with Crippen molar-refractivity contribution in [1.82, 2.24) is 20.1 Å². The van der Waals surface area contributed by atoms with Gasteiger partial charge >= 0.3 is 0 Å². The number of hydrogen-bond acceptors (Lipinski definition) is 6. The Kier molecular flexibility index (Phi) is 7.19. The number of aryl methyl sites for hydroxylation is 1. The van der Waals surface area contributed by atoms with Crippen LogP contribution in [-0.2, 0) is 12.3 Å². The van der Waals surface area contributed by atoms with E-state index in [2.05, 4.69) is 22.1 Å². The van der Waals surface area contributed by atoms with Crippen molar-refractivity contribution in [3.05, 3.63) is 93.8 Å². The summed E-state index contributed by atoms with van der Waals surface area (Å²) < 4.78 is 1.91. The number of thioether (sulfide) groups is 1. The molecule has 0 spiro atoms. The highest BCUT2D eigenvalue weighted by molar-refractivity contribution is 7.98. The van der Waals surface area contributed by atoms with Crippen molar-refractivity contribution in [1.29, 1.82) is 0 Å². The van der Waals surface area contributed by atoms with Crippen LogP contribution in [0.4, 0.5) is 5.69 Å². The topological polar surface area (TPSA) is 103 Å². The molecule has 160 valence electrons. The monoisotopic (exact) mass is 437 g/mol. The van der Waals surface area contributed by atoms with Crippen LogP contribution in [0.25, 0.3) is 0 Å². The third-order valence-corrected chi connectivity index (χ3v) is 5.73. The molecule has 0 unspecified atom stereocenters. The van der Waals surface area contributed by atoms with E-state index in [1.165, 1.54) is 23.9 Å². The number of rotatable bonds is 9. The van der Waals surface area contributed by atoms with Crippen LogP contribution in [0.1, 0.15) is 40.3 Å². The molecule has 3 aromatic rings. The van der Waals surface area contributed by atoms with Gasteiger partial charge in [0.05, 0.1) is 11.0 Å². The summed E-state index contributed by atoms with van der Waals surface area (Å²) in [5.74, 6) is 1.05.